The minimum atomic E-state index is -1.35. The predicted molar refractivity (Wildman–Crippen MR) is 142 cm³/mol. The molecule has 2 N–H and O–H groups in total. The van der Waals surface area contributed by atoms with E-state index >= 15 is 0 Å². The van der Waals surface area contributed by atoms with E-state index in [1.807, 2.05) is 24.3 Å². The van der Waals surface area contributed by atoms with Crippen LogP contribution in [0.1, 0.15) is 103 Å². The van der Waals surface area contributed by atoms with Crippen LogP contribution in [0.15, 0.2) is 48.1 Å². The summed E-state index contributed by atoms with van der Waals surface area (Å²) in [5, 5.41) is 19.5. The summed E-state index contributed by atoms with van der Waals surface area (Å²) in [5.41, 5.74) is 0.602. The van der Waals surface area contributed by atoms with Gasteiger partial charge in [0.15, 0.2) is 0 Å². The topological polar surface area (TPSA) is 91.7 Å². The maximum absolute atomic E-state index is 12.2. The molecule has 0 aromatic heterocycles. The van der Waals surface area contributed by atoms with Crippen molar-refractivity contribution in [1.29, 1.82) is 0 Å². The second-order valence-electron chi connectivity index (χ2n) is 9.72. The first-order valence-electron chi connectivity index (χ1n) is 13.1. The quantitative estimate of drug-likeness (QED) is 0.271. The van der Waals surface area contributed by atoms with Crippen molar-refractivity contribution in [3.63, 3.8) is 0 Å². The van der Waals surface area contributed by atoms with Crippen LogP contribution in [0.2, 0.25) is 0 Å². The van der Waals surface area contributed by atoms with E-state index in [2.05, 4.69) is 6.92 Å². The molecule has 0 saturated heterocycles. The zero-order chi connectivity index (χ0) is 26.3. The van der Waals surface area contributed by atoms with Gasteiger partial charge in [0.2, 0.25) is 0 Å². The lowest BCUT2D eigenvalue weighted by Gasteiger charge is -2.35. The van der Waals surface area contributed by atoms with Gasteiger partial charge in [0.25, 0.3) is 0 Å². The van der Waals surface area contributed by atoms with Crippen LogP contribution in [0.5, 0.6) is 0 Å². The lowest BCUT2D eigenvalue weighted by atomic mass is 9.66. The molecule has 1 aromatic rings. The number of allylic oxidation sites excluding steroid dienone is 2. The first-order valence-corrected chi connectivity index (χ1v) is 13.1. The van der Waals surface area contributed by atoms with Gasteiger partial charge in [0.05, 0.1) is 0 Å². The number of hydrogen-bond acceptors (Lipinski definition) is 3. The third-order valence-corrected chi connectivity index (χ3v) is 6.64. The van der Waals surface area contributed by atoms with E-state index in [1.165, 1.54) is 83.3 Å². The van der Waals surface area contributed by atoms with Crippen LogP contribution in [0.4, 0.5) is 0 Å². The van der Waals surface area contributed by atoms with Crippen molar-refractivity contribution in [2.45, 2.75) is 104 Å². The van der Waals surface area contributed by atoms with Gasteiger partial charge in [-0.15, -0.1) is 0 Å². The lowest BCUT2D eigenvalue weighted by Crippen LogP contribution is -2.43. The number of unbranched alkanes of at least 4 members (excludes halogenated alkanes) is 9. The summed E-state index contributed by atoms with van der Waals surface area (Å²) in [6.45, 7) is 6.98. The Bertz CT molecular complexity index is 861. The second-order valence-corrected chi connectivity index (χ2v) is 9.72. The Kier molecular flexibility index (Phi) is 13.9. The number of Topliss-reactive ketones (excluding diaryl/α,β-unsaturated/α-hetero) is 1. The fourth-order valence-corrected chi connectivity index (χ4v) is 4.58. The molecule has 5 nitrogen and oxygen atoms in total. The molecule has 0 radical (unpaired) electrons. The highest BCUT2D eigenvalue weighted by molar-refractivity contribution is 5.93. The van der Waals surface area contributed by atoms with Crippen LogP contribution in [-0.4, -0.2) is 27.9 Å². The Morgan fingerprint density at radius 2 is 1.31 bits per heavy atom. The van der Waals surface area contributed by atoms with Crippen LogP contribution >= 0.6 is 0 Å². The highest BCUT2D eigenvalue weighted by Gasteiger charge is 2.47. The largest absolute Gasteiger partial charge is 0.480 e. The Balaban J connectivity index is 0.00000142. The van der Waals surface area contributed by atoms with Gasteiger partial charge in [-0.1, -0.05) is 114 Å². The maximum atomic E-state index is 12.2. The van der Waals surface area contributed by atoms with Gasteiger partial charge < -0.3 is 15.0 Å². The van der Waals surface area contributed by atoms with E-state index in [-0.39, 0.29) is 11.4 Å². The molecule has 2 rings (SSSR count). The SMILES string of the molecule is CC(C)=O.CCCCCCCCCCCCc1ccc(C2(C(=O)O)C=CC=C(C(=O)O)C2C)cc1. The molecule has 0 spiro atoms. The monoisotopic (exact) mass is 484 g/mol. The van der Waals surface area contributed by atoms with Crippen LogP contribution in [0.3, 0.4) is 0 Å². The number of rotatable bonds is 14. The molecule has 0 amide bonds. The number of benzene rings is 1. The molecule has 35 heavy (non-hydrogen) atoms. The van der Waals surface area contributed by atoms with Crippen molar-refractivity contribution in [2.75, 3.05) is 0 Å². The molecule has 2 unspecified atom stereocenters. The molecule has 0 fully saturated rings. The Labute approximate surface area is 211 Å². The summed E-state index contributed by atoms with van der Waals surface area (Å²) in [6, 6.07) is 7.69. The van der Waals surface area contributed by atoms with Crippen molar-refractivity contribution in [3.8, 4) is 0 Å². The minimum absolute atomic E-state index is 0.124. The van der Waals surface area contributed by atoms with Gasteiger partial charge in [-0.05, 0) is 37.8 Å². The zero-order valence-electron chi connectivity index (χ0n) is 22.0. The highest BCUT2D eigenvalue weighted by atomic mass is 16.4. The molecule has 1 aliphatic carbocycles. The smallest absolute Gasteiger partial charge is 0.331 e. The summed E-state index contributed by atoms with van der Waals surface area (Å²) in [5.74, 6) is -2.58. The van der Waals surface area contributed by atoms with E-state index in [0.29, 0.717) is 5.56 Å². The number of carbonyl (C=O) groups is 3. The molecule has 0 heterocycles. The average Bonchev–Trinajstić information content (AvgIpc) is 2.80. The molecule has 194 valence electrons. The molecule has 5 heteroatoms. The van der Waals surface area contributed by atoms with Crippen molar-refractivity contribution in [2.24, 2.45) is 5.92 Å². The van der Waals surface area contributed by atoms with E-state index in [9.17, 15) is 24.6 Å². The molecule has 0 aliphatic heterocycles. The number of carboxylic acid groups (broad SMARTS) is 2. The summed E-state index contributed by atoms with van der Waals surface area (Å²) in [7, 11) is 0. The number of aryl methyl sites for hydroxylation is 1. The summed E-state index contributed by atoms with van der Waals surface area (Å²) >= 11 is 0. The highest BCUT2D eigenvalue weighted by Crippen LogP contribution is 2.41. The molecule has 1 aromatic carbocycles. The summed E-state index contributed by atoms with van der Waals surface area (Å²) in [6.07, 6.45) is 18.7. The number of carbonyl (C=O) groups excluding carboxylic acids is 1. The van der Waals surface area contributed by atoms with Gasteiger partial charge in [0, 0.05) is 11.5 Å². The van der Waals surface area contributed by atoms with Crippen molar-refractivity contribution in [1.82, 2.24) is 0 Å². The molecular formula is C30H44O5. The van der Waals surface area contributed by atoms with Crippen LogP contribution in [0, 0.1) is 5.92 Å². The Morgan fingerprint density at radius 1 is 0.829 bits per heavy atom. The van der Waals surface area contributed by atoms with E-state index < -0.39 is 23.3 Å². The van der Waals surface area contributed by atoms with Crippen molar-refractivity contribution >= 4 is 17.7 Å². The summed E-state index contributed by atoms with van der Waals surface area (Å²) < 4.78 is 0. The van der Waals surface area contributed by atoms with Crippen LogP contribution < -0.4 is 0 Å². The first-order chi connectivity index (χ1) is 16.7. The molecule has 0 saturated carbocycles. The van der Waals surface area contributed by atoms with Gasteiger partial charge in [-0.25, -0.2) is 4.79 Å². The first kappa shape index (κ1) is 30.3. The van der Waals surface area contributed by atoms with Gasteiger partial charge in [0.1, 0.15) is 11.2 Å². The number of ketones is 1. The normalized spacial score (nSPS) is 18.9. The fourth-order valence-electron chi connectivity index (χ4n) is 4.58. The number of carboxylic acids is 2. The van der Waals surface area contributed by atoms with Gasteiger partial charge in [-0.2, -0.15) is 0 Å². The second kappa shape index (κ2) is 16.1. The fraction of sp³-hybridized carbons (Fsp3) is 0.567. The van der Waals surface area contributed by atoms with E-state index in [1.54, 1.807) is 19.1 Å². The molecule has 1 aliphatic rings. The third-order valence-electron chi connectivity index (χ3n) is 6.64. The third kappa shape index (κ3) is 9.83. The number of aliphatic carboxylic acids is 2. The molecular weight excluding hydrogens is 440 g/mol. The van der Waals surface area contributed by atoms with Crippen LogP contribution in [0.25, 0.3) is 0 Å². The standard InChI is InChI=1S/C27H38O4.C3H6O/c1-3-4-5-6-7-8-9-10-11-12-14-22-16-18-23(19-17-22)27(26(30)31)20-13-15-24(21(27)2)25(28)29;1-3(2)4/h13,15-21H,3-12,14H2,1-2H3,(H,28,29)(H,30,31);1-2H3. The minimum Gasteiger partial charge on any atom is -0.480 e. The van der Waals surface area contributed by atoms with Crippen molar-refractivity contribution < 1.29 is 24.6 Å². The van der Waals surface area contributed by atoms with Gasteiger partial charge >= 0.3 is 11.9 Å². The number of hydrogen-bond donors (Lipinski definition) is 2. The van der Waals surface area contributed by atoms with E-state index in [4.69, 9.17) is 0 Å². The summed E-state index contributed by atoms with van der Waals surface area (Å²) in [4.78, 5) is 33.2. The van der Waals surface area contributed by atoms with Crippen molar-refractivity contribution in [3.05, 3.63) is 59.2 Å². The Morgan fingerprint density at radius 3 is 1.77 bits per heavy atom. The van der Waals surface area contributed by atoms with Crippen LogP contribution in [-0.2, 0) is 26.2 Å². The molecule has 0 bridgehead atoms. The lowest BCUT2D eigenvalue weighted by molar-refractivity contribution is -0.143. The zero-order valence-corrected chi connectivity index (χ0v) is 22.0. The molecule has 2 atom stereocenters. The van der Waals surface area contributed by atoms with E-state index in [0.717, 1.165) is 12.8 Å². The predicted octanol–water partition coefficient (Wildman–Crippen LogP) is 7.28. The Hall–Kier alpha value is -2.69. The maximum Gasteiger partial charge on any atom is 0.331 e. The van der Waals surface area contributed by atoms with Gasteiger partial charge in [-0.3, -0.25) is 4.79 Å². The average molecular weight is 485 g/mol.